The van der Waals surface area contributed by atoms with Crippen LogP contribution in [-0.2, 0) is 4.79 Å². The molecule has 0 N–H and O–H groups in total. The van der Waals surface area contributed by atoms with Crippen LogP contribution in [0.3, 0.4) is 0 Å². The van der Waals surface area contributed by atoms with Gasteiger partial charge in [-0.3, -0.25) is 0 Å². The van der Waals surface area contributed by atoms with Crippen molar-refractivity contribution in [1.82, 2.24) is 0 Å². The third kappa shape index (κ3) is 3.39. The van der Waals surface area contributed by atoms with Gasteiger partial charge in [0.2, 0.25) is 5.75 Å². The van der Waals surface area contributed by atoms with Gasteiger partial charge in [-0.05, 0) is 29.7 Å². The quantitative estimate of drug-likeness (QED) is 0.481. The molecule has 4 nitrogen and oxygen atoms in total. The third-order valence-corrected chi connectivity index (χ3v) is 3.35. The number of hydrogen-bond donors (Lipinski definition) is 0. The van der Waals surface area contributed by atoms with E-state index in [4.69, 9.17) is 14.2 Å². The van der Waals surface area contributed by atoms with Gasteiger partial charge in [0.1, 0.15) is 0 Å². The minimum Gasteiger partial charge on any atom is -0.493 e. The van der Waals surface area contributed by atoms with Crippen molar-refractivity contribution in [3.8, 4) is 17.2 Å². The summed E-state index contributed by atoms with van der Waals surface area (Å²) < 4.78 is 15.6. The Kier molecular flexibility index (Phi) is 4.79. The molecule has 0 aliphatic heterocycles. The monoisotopic (exact) mass is 290 g/mol. The number of methoxy groups -OCH3 is 2. The molecule has 1 heterocycles. The number of rotatable bonds is 5. The second-order valence-electron chi connectivity index (χ2n) is 3.76. The first kappa shape index (κ1) is 14.1. The van der Waals surface area contributed by atoms with Gasteiger partial charge in [0, 0.05) is 11.0 Å². The van der Waals surface area contributed by atoms with E-state index in [1.165, 1.54) is 20.3 Å². The van der Waals surface area contributed by atoms with E-state index >= 15 is 0 Å². The van der Waals surface area contributed by atoms with E-state index in [1.54, 1.807) is 35.6 Å². The number of esters is 1. The van der Waals surface area contributed by atoms with Crippen LogP contribution in [0.2, 0.25) is 0 Å². The Morgan fingerprint density at radius 2 is 1.80 bits per heavy atom. The highest BCUT2D eigenvalue weighted by atomic mass is 32.1. The van der Waals surface area contributed by atoms with Crippen LogP contribution in [0.5, 0.6) is 17.2 Å². The smallest absolute Gasteiger partial charge is 0.336 e. The lowest BCUT2D eigenvalue weighted by Crippen LogP contribution is -2.06. The molecule has 2 aromatic rings. The summed E-state index contributed by atoms with van der Waals surface area (Å²) in [6, 6.07) is 9.00. The molecule has 0 unspecified atom stereocenters. The van der Waals surface area contributed by atoms with Gasteiger partial charge in [-0.15, -0.1) is 11.3 Å². The molecular formula is C15H14O4S. The van der Waals surface area contributed by atoms with Crippen LogP contribution in [0.1, 0.15) is 4.88 Å². The van der Waals surface area contributed by atoms with Crippen LogP contribution in [0.4, 0.5) is 0 Å². The summed E-state index contributed by atoms with van der Waals surface area (Å²) in [4.78, 5) is 12.8. The second kappa shape index (κ2) is 6.77. The van der Waals surface area contributed by atoms with Crippen molar-refractivity contribution in [1.29, 1.82) is 0 Å². The van der Waals surface area contributed by atoms with Gasteiger partial charge in [0.15, 0.2) is 11.5 Å². The Morgan fingerprint density at radius 1 is 1.10 bits per heavy atom. The number of benzene rings is 1. The van der Waals surface area contributed by atoms with Crippen molar-refractivity contribution in [3.63, 3.8) is 0 Å². The number of carbonyl (C=O) groups is 1. The fraction of sp³-hybridized carbons (Fsp3) is 0.133. The van der Waals surface area contributed by atoms with Gasteiger partial charge >= 0.3 is 5.97 Å². The molecule has 5 heteroatoms. The number of ether oxygens (including phenoxy) is 3. The summed E-state index contributed by atoms with van der Waals surface area (Å²) >= 11 is 1.54. The van der Waals surface area contributed by atoms with Gasteiger partial charge in [-0.25, -0.2) is 4.79 Å². The van der Waals surface area contributed by atoms with Crippen LogP contribution in [0, 0.1) is 0 Å². The van der Waals surface area contributed by atoms with Gasteiger partial charge in [-0.2, -0.15) is 0 Å². The summed E-state index contributed by atoms with van der Waals surface area (Å²) in [5.74, 6) is 0.684. The molecule has 1 aromatic carbocycles. The molecule has 0 bridgehead atoms. The average Bonchev–Trinajstić information content (AvgIpc) is 2.98. The van der Waals surface area contributed by atoms with E-state index in [1.807, 2.05) is 17.5 Å². The Labute approximate surface area is 121 Å². The number of para-hydroxylation sites is 1. The highest BCUT2D eigenvalue weighted by Crippen LogP contribution is 2.36. The molecule has 20 heavy (non-hydrogen) atoms. The molecule has 0 amide bonds. The summed E-state index contributed by atoms with van der Waals surface area (Å²) in [7, 11) is 3.02. The minimum atomic E-state index is -0.485. The predicted molar refractivity (Wildman–Crippen MR) is 78.5 cm³/mol. The van der Waals surface area contributed by atoms with Gasteiger partial charge < -0.3 is 14.2 Å². The maximum atomic E-state index is 11.8. The van der Waals surface area contributed by atoms with Crippen LogP contribution >= 0.6 is 11.3 Å². The maximum Gasteiger partial charge on any atom is 0.336 e. The van der Waals surface area contributed by atoms with E-state index in [0.29, 0.717) is 11.5 Å². The molecule has 0 aliphatic carbocycles. The molecule has 0 saturated carbocycles. The van der Waals surface area contributed by atoms with E-state index in [0.717, 1.165) is 4.88 Å². The van der Waals surface area contributed by atoms with Crippen molar-refractivity contribution in [3.05, 3.63) is 46.7 Å². The zero-order chi connectivity index (χ0) is 14.4. The van der Waals surface area contributed by atoms with E-state index in [9.17, 15) is 4.79 Å². The van der Waals surface area contributed by atoms with Crippen molar-refractivity contribution in [2.45, 2.75) is 0 Å². The molecule has 0 saturated heterocycles. The molecule has 104 valence electrons. The minimum absolute atomic E-state index is 0.276. The fourth-order valence-electron chi connectivity index (χ4n) is 1.59. The van der Waals surface area contributed by atoms with Crippen molar-refractivity contribution >= 4 is 23.4 Å². The number of thiophene rings is 1. The molecule has 1 aromatic heterocycles. The van der Waals surface area contributed by atoms with Crippen LogP contribution in [0.25, 0.3) is 6.08 Å². The Hall–Kier alpha value is -2.27. The number of carbonyl (C=O) groups excluding carboxylic acids is 1. The summed E-state index contributed by atoms with van der Waals surface area (Å²) in [5, 5.41) is 1.94. The lowest BCUT2D eigenvalue weighted by Gasteiger charge is -2.11. The zero-order valence-electron chi connectivity index (χ0n) is 11.2. The van der Waals surface area contributed by atoms with Crippen molar-refractivity contribution < 1.29 is 19.0 Å². The van der Waals surface area contributed by atoms with Gasteiger partial charge in [0.05, 0.1) is 14.2 Å². The van der Waals surface area contributed by atoms with Crippen molar-refractivity contribution in [2.75, 3.05) is 14.2 Å². The predicted octanol–water partition coefficient (Wildman–Crippen LogP) is 3.38. The number of hydrogen-bond acceptors (Lipinski definition) is 5. The SMILES string of the molecule is COc1cccc(OC)c1OC(=O)C=Cc1cccs1. The maximum absolute atomic E-state index is 11.8. The largest absolute Gasteiger partial charge is 0.493 e. The van der Waals surface area contributed by atoms with Gasteiger partial charge in [-0.1, -0.05) is 12.1 Å². The molecule has 2 rings (SSSR count). The molecule has 0 spiro atoms. The van der Waals surface area contributed by atoms with E-state index in [-0.39, 0.29) is 5.75 Å². The Morgan fingerprint density at radius 3 is 2.35 bits per heavy atom. The summed E-state index contributed by atoms with van der Waals surface area (Å²) in [5.41, 5.74) is 0. The first-order chi connectivity index (χ1) is 9.74. The lowest BCUT2D eigenvalue weighted by molar-refractivity contribution is -0.129. The van der Waals surface area contributed by atoms with Crippen molar-refractivity contribution in [2.24, 2.45) is 0 Å². The standard InChI is InChI=1S/C15H14O4S/c1-17-12-6-3-7-13(18-2)15(12)19-14(16)9-8-11-5-4-10-20-11/h3-10H,1-2H3. The van der Waals surface area contributed by atoms with E-state index < -0.39 is 5.97 Å². The average molecular weight is 290 g/mol. The van der Waals surface area contributed by atoms with Crippen LogP contribution < -0.4 is 14.2 Å². The Bertz CT molecular complexity index is 580. The van der Waals surface area contributed by atoms with Crippen LogP contribution in [-0.4, -0.2) is 20.2 Å². The molecule has 0 fully saturated rings. The first-order valence-corrected chi connectivity index (χ1v) is 6.77. The molecule has 0 radical (unpaired) electrons. The Balaban J connectivity index is 2.15. The zero-order valence-corrected chi connectivity index (χ0v) is 12.0. The van der Waals surface area contributed by atoms with Crippen LogP contribution in [0.15, 0.2) is 41.8 Å². The highest BCUT2D eigenvalue weighted by Gasteiger charge is 2.13. The first-order valence-electron chi connectivity index (χ1n) is 5.89. The fourth-order valence-corrected chi connectivity index (χ4v) is 2.21. The van der Waals surface area contributed by atoms with E-state index in [2.05, 4.69) is 0 Å². The summed E-state index contributed by atoms with van der Waals surface area (Å²) in [6.07, 6.45) is 3.08. The molecule has 0 aliphatic rings. The molecular weight excluding hydrogens is 276 g/mol. The second-order valence-corrected chi connectivity index (χ2v) is 4.74. The lowest BCUT2D eigenvalue weighted by atomic mass is 10.3. The van der Waals surface area contributed by atoms with Gasteiger partial charge in [0.25, 0.3) is 0 Å². The molecule has 0 atom stereocenters. The third-order valence-electron chi connectivity index (χ3n) is 2.51. The topological polar surface area (TPSA) is 44.8 Å². The summed E-state index contributed by atoms with van der Waals surface area (Å²) in [6.45, 7) is 0. The highest BCUT2D eigenvalue weighted by molar-refractivity contribution is 7.10. The normalized spacial score (nSPS) is 10.5.